The Kier molecular flexibility index (Phi) is 5.90. The van der Waals surface area contributed by atoms with Crippen molar-refractivity contribution in [2.24, 2.45) is 5.92 Å². The summed E-state index contributed by atoms with van der Waals surface area (Å²) in [5.74, 6) is -0.185. The molecule has 3 heterocycles. The maximum atomic E-state index is 13.3. The van der Waals surface area contributed by atoms with Crippen LogP contribution in [0, 0.1) is 5.92 Å². The van der Waals surface area contributed by atoms with Gasteiger partial charge < -0.3 is 9.80 Å². The zero-order chi connectivity index (χ0) is 21.5. The van der Waals surface area contributed by atoms with Crippen molar-refractivity contribution in [3.05, 3.63) is 23.8 Å². The first kappa shape index (κ1) is 21.3. The molecule has 2 atom stereocenters. The van der Waals surface area contributed by atoms with Gasteiger partial charge in [-0.15, -0.1) is 0 Å². The predicted octanol–water partition coefficient (Wildman–Crippen LogP) is 2.40. The molecule has 0 saturated carbocycles. The topological polar surface area (TPSA) is 78.0 Å². The largest absolute Gasteiger partial charge is 0.342 e. The van der Waals surface area contributed by atoms with Gasteiger partial charge in [0.1, 0.15) is 0 Å². The summed E-state index contributed by atoms with van der Waals surface area (Å²) in [6.45, 7) is 5.78. The summed E-state index contributed by atoms with van der Waals surface area (Å²) in [7, 11) is -3.68. The molecule has 4 rings (SSSR count). The van der Waals surface area contributed by atoms with Crippen molar-refractivity contribution in [1.82, 2.24) is 9.21 Å². The molecule has 3 aliphatic rings. The predicted molar refractivity (Wildman–Crippen MR) is 115 cm³/mol. The molecule has 2 amide bonds. The van der Waals surface area contributed by atoms with E-state index in [2.05, 4.69) is 0 Å². The van der Waals surface area contributed by atoms with Gasteiger partial charge in [0.2, 0.25) is 21.8 Å². The van der Waals surface area contributed by atoms with E-state index >= 15 is 0 Å². The molecule has 0 spiro atoms. The minimum atomic E-state index is -3.68. The van der Waals surface area contributed by atoms with Crippen LogP contribution in [0.3, 0.4) is 0 Å². The minimum Gasteiger partial charge on any atom is -0.342 e. The van der Waals surface area contributed by atoms with Gasteiger partial charge in [-0.3, -0.25) is 9.59 Å². The maximum absolute atomic E-state index is 13.3. The molecule has 1 aromatic carbocycles. The summed E-state index contributed by atoms with van der Waals surface area (Å²) < 4.78 is 28.2. The quantitative estimate of drug-likeness (QED) is 0.733. The number of hydrogen-bond donors (Lipinski definition) is 0. The van der Waals surface area contributed by atoms with Crippen LogP contribution in [0.1, 0.15) is 51.5 Å². The Morgan fingerprint density at radius 2 is 1.77 bits per heavy atom. The van der Waals surface area contributed by atoms with Crippen molar-refractivity contribution in [3.63, 3.8) is 0 Å². The fourth-order valence-electron chi connectivity index (χ4n) is 5.13. The summed E-state index contributed by atoms with van der Waals surface area (Å²) in [5, 5.41) is 0. The molecule has 30 heavy (non-hydrogen) atoms. The first-order valence-corrected chi connectivity index (χ1v) is 12.4. The standard InChI is InChI=1S/C22H31N3O4S/c1-16-13-19-14-20(8-9-21(19)25(16)17(2)26)30(28,29)24-12-6-7-18(15-24)22(27)23-10-4-3-5-11-23/h8-9,14,16,18H,3-7,10-13,15H2,1-2H3/t16-,18+/m0/s1. The van der Waals surface area contributed by atoms with Gasteiger partial charge in [-0.25, -0.2) is 8.42 Å². The average molecular weight is 434 g/mol. The second kappa shape index (κ2) is 8.30. The molecule has 0 radical (unpaired) electrons. The van der Waals surface area contributed by atoms with Crippen LogP contribution in [0.5, 0.6) is 0 Å². The fraction of sp³-hybridized carbons (Fsp3) is 0.636. The van der Waals surface area contributed by atoms with E-state index in [0.717, 1.165) is 50.0 Å². The second-order valence-electron chi connectivity index (χ2n) is 8.82. The van der Waals surface area contributed by atoms with Crippen molar-refractivity contribution in [2.75, 3.05) is 31.1 Å². The Bertz CT molecular complexity index is 940. The van der Waals surface area contributed by atoms with Crippen molar-refractivity contribution in [1.29, 1.82) is 0 Å². The van der Waals surface area contributed by atoms with Crippen LogP contribution in [0.4, 0.5) is 5.69 Å². The molecule has 3 aliphatic heterocycles. The van der Waals surface area contributed by atoms with Crippen LogP contribution >= 0.6 is 0 Å². The molecule has 164 valence electrons. The Morgan fingerprint density at radius 3 is 2.47 bits per heavy atom. The number of piperidine rings is 2. The van der Waals surface area contributed by atoms with Gasteiger partial charge in [-0.1, -0.05) is 0 Å². The van der Waals surface area contributed by atoms with E-state index in [1.54, 1.807) is 23.1 Å². The molecular weight excluding hydrogens is 402 g/mol. The zero-order valence-electron chi connectivity index (χ0n) is 17.8. The lowest BCUT2D eigenvalue weighted by atomic mass is 9.97. The maximum Gasteiger partial charge on any atom is 0.243 e. The van der Waals surface area contributed by atoms with Gasteiger partial charge in [0.05, 0.1) is 10.8 Å². The van der Waals surface area contributed by atoms with Gasteiger partial charge in [0.25, 0.3) is 0 Å². The van der Waals surface area contributed by atoms with E-state index in [1.165, 1.54) is 11.2 Å². The first-order chi connectivity index (χ1) is 14.3. The highest BCUT2D eigenvalue weighted by Crippen LogP contribution is 2.35. The van der Waals surface area contributed by atoms with Crippen molar-refractivity contribution >= 4 is 27.5 Å². The van der Waals surface area contributed by atoms with E-state index in [-0.39, 0.29) is 35.2 Å². The molecule has 0 aliphatic carbocycles. The SMILES string of the molecule is CC(=O)N1c2ccc(S(=O)(=O)N3CCC[C@@H](C(=O)N4CCCCC4)C3)cc2C[C@@H]1C. The molecule has 2 fully saturated rings. The number of likely N-dealkylation sites (tertiary alicyclic amines) is 1. The first-order valence-electron chi connectivity index (χ1n) is 11.0. The van der Waals surface area contributed by atoms with E-state index in [9.17, 15) is 18.0 Å². The van der Waals surface area contributed by atoms with Gasteiger partial charge in [-0.2, -0.15) is 4.31 Å². The number of amides is 2. The van der Waals surface area contributed by atoms with Gasteiger partial charge in [0.15, 0.2) is 0 Å². The highest BCUT2D eigenvalue weighted by molar-refractivity contribution is 7.89. The van der Waals surface area contributed by atoms with E-state index < -0.39 is 10.0 Å². The molecule has 0 unspecified atom stereocenters. The van der Waals surface area contributed by atoms with Gasteiger partial charge in [0, 0.05) is 44.8 Å². The monoisotopic (exact) mass is 433 g/mol. The second-order valence-corrected chi connectivity index (χ2v) is 10.8. The molecule has 1 aromatic rings. The number of hydrogen-bond acceptors (Lipinski definition) is 4. The Balaban J connectivity index is 1.53. The Hall–Kier alpha value is -1.93. The number of fused-ring (bicyclic) bond motifs is 1. The number of nitrogens with zero attached hydrogens (tertiary/aromatic N) is 3. The van der Waals surface area contributed by atoms with Crippen LogP contribution < -0.4 is 4.90 Å². The number of carbonyl (C=O) groups is 2. The third-order valence-electron chi connectivity index (χ3n) is 6.64. The minimum absolute atomic E-state index is 0.0250. The van der Waals surface area contributed by atoms with Crippen molar-refractivity contribution < 1.29 is 18.0 Å². The van der Waals surface area contributed by atoms with Crippen molar-refractivity contribution in [2.45, 2.75) is 63.3 Å². The van der Waals surface area contributed by atoms with E-state index in [4.69, 9.17) is 0 Å². The van der Waals surface area contributed by atoms with Crippen LogP contribution in [-0.4, -0.2) is 61.7 Å². The van der Waals surface area contributed by atoms with Crippen LogP contribution in [0.25, 0.3) is 0 Å². The lowest BCUT2D eigenvalue weighted by molar-refractivity contribution is -0.137. The summed E-state index contributed by atoms with van der Waals surface area (Å²) >= 11 is 0. The summed E-state index contributed by atoms with van der Waals surface area (Å²) in [6, 6.07) is 5.07. The number of carbonyl (C=O) groups excluding carboxylic acids is 2. The average Bonchev–Trinajstić information content (AvgIpc) is 3.09. The molecule has 0 aromatic heterocycles. The van der Waals surface area contributed by atoms with Crippen molar-refractivity contribution in [3.8, 4) is 0 Å². The van der Waals surface area contributed by atoms with Gasteiger partial charge in [-0.05, 0) is 69.2 Å². The molecular formula is C22H31N3O4S. The third kappa shape index (κ3) is 3.87. The summed E-state index contributed by atoms with van der Waals surface area (Å²) in [6.07, 6.45) is 5.32. The number of anilines is 1. The Labute approximate surface area is 179 Å². The lowest BCUT2D eigenvalue weighted by Crippen LogP contribution is -2.47. The summed E-state index contributed by atoms with van der Waals surface area (Å²) in [5.41, 5.74) is 1.68. The highest BCUT2D eigenvalue weighted by atomic mass is 32.2. The van der Waals surface area contributed by atoms with E-state index in [1.807, 2.05) is 11.8 Å². The smallest absolute Gasteiger partial charge is 0.243 e. The number of sulfonamides is 1. The normalized spacial score (nSPS) is 25.3. The summed E-state index contributed by atoms with van der Waals surface area (Å²) in [4.78, 5) is 28.8. The zero-order valence-corrected chi connectivity index (χ0v) is 18.7. The molecule has 2 saturated heterocycles. The Morgan fingerprint density at radius 1 is 1.03 bits per heavy atom. The molecule has 7 nitrogen and oxygen atoms in total. The van der Waals surface area contributed by atoms with Crippen LogP contribution in [-0.2, 0) is 26.0 Å². The third-order valence-corrected chi connectivity index (χ3v) is 8.51. The molecule has 0 N–H and O–H groups in total. The molecule has 8 heteroatoms. The molecule has 0 bridgehead atoms. The number of benzene rings is 1. The van der Waals surface area contributed by atoms with E-state index in [0.29, 0.717) is 19.4 Å². The van der Waals surface area contributed by atoms with Crippen LogP contribution in [0.2, 0.25) is 0 Å². The number of rotatable bonds is 3. The lowest BCUT2D eigenvalue weighted by Gasteiger charge is -2.35. The highest BCUT2D eigenvalue weighted by Gasteiger charge is 2.36. The van der Waals surface area contributed by atoms with Gasteiger partial charge >= 0.3 is 0 Å². The van der Waals surface area contributed by atoms with Crippen LogP contribution in [0.15, 0.2) is 23.1 Å². The fourth-order valence-corrected chi connectivity index (χ4v) is 6.71.